The van der Waals surface area contributed by atoms with Crippen molar-refractivity contribution in [1.29, 1.82) is 0 Å². The number of carbonyl (C=O) groups is 1. The van der Waals surface area contributed by atoms with E-state index in [1.54, 1.807) is 24.3 Å². The van der Waals surface area contributed by atoms with E-state index < -0.39 is 17.0 Å². The van der Waals surface area contributed by atoms with Gasteiger partial charge in [-0.25, -0.2) is 4.79 Å². The first-order valence-corrected chi connectivity index (χ1v) is 7.30. The maximum absolute atomic E-state index is 11.4. The highest BCUT2D eigenvalue weighted by molar-refractivity contribution is 5.89. The SMILES string of the molecule is COC(=O)c1ccc(OCC2(C)OC(C)(C)C(C)(C)O2)cc1. The molecule has 22 heavy (non-hydrogen) atoms. The van der Waals surface area contributed by atoms with Gasteiger partial charge in [-0.3, -0.25) is 0 Å². The molecule has 122 valence electrons. The third kappa shape index (κ3) is 3.25. The summed E-state index contributed by atoms with van der Waals surface area (Å²) in [5.41, 5.74) is -0.323. The van der Waals surface area contributed by atoms with Crippen LogP contribution < -0.4 is 4.74 Å². The van der Waals surface area contributed by atoms with Crippen LogP contribution in [0.3, 0.4) is 0 Å². The van der Waals surface area contributed by atoms with Crippen LogP contribution in [0.4, 0.5) is 0 Å². The largest absolute Gasteiger partial charge is 0.488 e. The summed E-state index contributed by atoms with van der Waals surface area (Å²) in [5.74, 6) is -0.540. The normalized spacial score (nSPS) is 21.4. The Morgan fingerprint density at radius 2 is 1.50 bits per heavy atom. The Kier molecular flexibility index (Phi) is 4.24. The summed E-state index contributed by atoms with van der Waals surface area (Å²) in [5, 5.41) is 0. The Labute approximate surface area is 131 Å². The number of methoxy groups -OCH3 is 1. The molecule has 1 aromatic carbocycles. The van der Waals surface area contributed by atoms with Gasteiger partial charge in [-0.05, 0) is 58.9 Å². The molecule has 0 unspecified atom stereocenters. The third-order valence-corrected chi connectivity index (χ3v) is 4.17. The molecular formula is C17H24O5. The topological polar surface area (TPSA) is 54.0 Å². The molecule has 1 fully saturated rings. The van der Waals surface area contributed by atoms with Gasteiger partial charge in [0, 0.05) is 0 Å². The number of esters is 1. The second kappa shape index (κ2) is 5.56. The van der Waals surface area contributed by atoms with Gasteiger partial charge in [0.2, 0.25) is 5.79 Å². The lowest BCUT2D eigenvalue weighted by Gasteiger charge is -2.30. The van der Waals surface area contributed by atoms with E-state index in [-0.39, 0.29) is 12.6 Å². The number of ether oxygens (including phenoxy) is 4. The van der Waals surface area contributed by atoms with Gasteiger partial charge in [-0.1, -0.05) is 0 Å². The van der Waals surface area contributed by atoms with E-state index in [2.05, 4.69) is 4.74 Å². The molecule has 1 saturated heterocycles. The van der Waals surface area contributed by atoms with Crippen molar-refractivity contribution in [2.45, 2.75) is 51.6 Å². The van der Waals surface area contributed by atoms with Crippen molar-refractivity contribution in [3.8, 4) is 5.75 Å². The van der Waals surface area contributed by atoms with Crippen molar-refractivity contribution in [2.75, 3.05) is 13.7 Å². The van der Waals surface area contributed by atoms with E-state index in [4.69, 9.17) is 14.2 Å². The molecule has 0 bridgehead atoms. The highest BCUT2D eigenvalue weighted by Gasteiger charge is 2.55. The fraction of sp³-hybridized carbons (Fsp3) is 0.588. The average molecular weight is 308 g/mol. The molecule has 0 spiro atoms. The standard InChI is InChI=1S/C17H24O5/c1-15(2)16(3,4)22-17(5,21-15)11-20-13-9-7-12(8-10-13)14(18)19-6/h7-10H,11H2,1-6H3. The second-order valence-electron chi connectivity index (χ2n) is 6.66. The van der Waals surface area contributed by atoms with Crippen LogP contribution in [0.2, 0.25) is 0 Å². The van der Waals surface area contributed by atoms with Crippen LogP contribution in [0.5, 0.6) is 5.75 Å². The van der Waals surface area contributed by atoms with Crippen LogP contribution in [0.1, 0.15) is 45.0 Å². The summed E-state index contributed by atoms with van der Waals surface area (Å²) in [7, 11) is 1.35. The zero-order chi connectivity index (χ0) is 16.6. The molecule has 0 aromatic heterocycles. The first kappa shape index (κ1) is 16.8. The summed E-state index contributed by atoms with van der Waals surface area (Å²) < 4.78 is 22.5. The number of hydrogen-bond donors (Lipinski definition) is 0. The predicted octanol–water partition coefficient (Wildman–Crippen LogP) is 3.17. The monoisotopic (exact) mass is 308 g/mol. The molecule has 5 heteroatoms. The van der Waals surface area contributed by atoms with E-state index in [0.717, 1.165) is 0 Å². The van der Waals surface area contributed by atoms with Crippen molar-refractivity contribution in [2.24, 2.45) is 0 Å². The minimum atomic E-state index is -0.811. The van der Waals surface area contributed by atoms with Crippen molar-refractivity contribution < 1.29 is 23.7 Å². The molecule has 1 aliphatic heterocycles. The third-order valence-electron chi connectivity index (χ3n) is 4.17. The molecule has 0 saturated carbocycles. The number of rotatable bonds is 4. The summed E-state index contributed by atoms with van der Waals surface area (Å²) in [6.07, 6.45) is 0. The summed E-state index contributed by atoms with van der Waals surface area (Å²) in [6, 6.07) is 6.77. The van der Waals surface area contributed by atoms with Crippen LogP contribution in [0, 0.1) is 0 Å². The van der Waals surface area contributed by atoms with E-state index in [1.165, 1.54) is 7.11 Å². The lowest BCUT2D eigenvalue weighted by atomic mass is 9.90. The van der Waals surface area contributed by atoms with Gasteiger partial charge in [-0.2, -0.15) is 0 Å². The Hall–Kier alpha value is -1.59. The molecule has 1 heterocycles. The first-order chi connectivity index (χ1) is 10.1. The van der Waals surface area contributed by atoms with E-state index in [0.29, 0.717) is 11.3 Å². The fourth-order valence-corrected chi connectivity index (χ4v) is 2.42. The van der Waals surface area contributed by atoms with Crippen molar-refractivity contribution in [1.82, 2.24) is 0 Å². The van der Waals surface area contributed by atoms with E-state index in [1.807, 2.05) is 34.6 Å². The molecule has 0 amide bonds. The van der Waals surface area contributed by atoms with Crippen molar-refractivity contribution in [3.63, 3.8) is 0 Å². The van der Waals surface area contributed by atoms with Gasteiger partial charge in [0.25, 0.3) is 0 Å². The number of hydrogen-bond acceptors (Lipinski definition) is 5. The molecule has 5 nitrogen and oxygen atoms in total. The smallest absolute Gasteiger partial charge is 0.337 e. The van der Waals surface area contributed by atoms with Crippen molar-refractivity contribution in [3.05, 3.63) is 29.8 Å². The van der Waals surface area contributed by atoms with Gasteiger partial charge in [0.1, 0.15) is 12.4 Å². The molecule has 1 aromatic rings. The second-order valence-corrected chi connectivity index (χ2v) is 6.66. The Morgan fingerprint density at radius 1 is 1.00 bits per heavy atom. The summed E-state index contributed by atoms with van der Waals surface area (Å²) in [4.78, 5) is 11.4. The molecule has 0 N–H and O–H groups in total. The Bertz CT molecular complexity index is 529. The Balaban J connectivity index is 2.00. The highest BCUT2D eigenvalue weighted by atomic mass is 16.8. The van der Waals surface area contributed by atoms with Crippen LogP contribution in [-0.2, 0) is 14.2 Å². The maximum Gasteiger partial charge on any atom is 0.337 e. The van der Waals surface area contributed by atoms with Crippen LogP contribution in [-0.4, -0.2) is 36.7 Å². The zero-order valence-corrected chi connectivity index (χ0v) is 14.1. The summed E-state index contributed by atoms with van der Waals surface area (Å²) >= 11 is 0. The van der Waals surface area contributed by atoms with Gasteiger partial charge >= 0.3 is 5.97 Å². The van der Waals surface area contributed by atoms with Crippen LogP contribution in [0.15, 0.2) is 24.3 Å². The van der Waals surface area contributed by atoms with Gasteiger partial charge in [0.15, 0.2) is 0 Å². The zero-order valence-electron chi connectivity index (χ0n) is 14.1. The molecule has 0 atom stereocenters. The molecule has 2 rings (SSSR count). The number of benzene rings is 1. The average Bonchev–Trinajstić information content (AvgIpc) is 2.60. The number of carbonyl (C=O) groups excluding carboxylic acids is 1. The van der Waals surface area contributed by atoms with Crippen LogP contribution in [0.25, 0.3) is 0 Å². The van der Waals surface area contributed by atoms with Gasteiger partial charge in [-0.15, -0.1) is 0 Å². The molecule has 1 aliphatic rings. The quantitative estimate of drug-likeness (QED) is 0.800. The minimum absolute atomic E-state index is 0.261. The molecular weight excluding hydrogens is 284 g/mol. The minimum Gasteiger partial charge on any atom is -0.488 e. The molecule has 0 aliphatic carbocycles. The predicted molar refractivity (Wildman–Crippen MR) is 82.0 cm³/mol. The van der Waals surface area contributed by atoms with E-state index in [9.17, 15) is 4.79 Å². The van der Waals surface area contributed by atoms with Crippen LogP contribution >= 0.6 is 0 Å². The Morgan fingerprint density at radius 3 is 1.95 bits per heavy atom. The maximum atomic E-state index is 11.4. The lowest BCUT2D eigenvalue weighted by Crippen LogP contribution is -2.41. The van der Waals surface area contributed by atoms with Gasteiger partial charge < -0.3 is 18.9 Å². The highest BCUT2D eigenvalue weighted by Crippen LogP contribution is 2.43. The molecule has 0 radical (unpaired) electrons. The lowest BCUT2D eigenvalue weighted by molar-refractivity contribution is -0.195. The first-order valence-electron chi connectivity index (χ1n) is 7.30. The summed E-state index contributed by atoms with van der Waals surface area (Å²) in [6.45, 7) is 10.1. The fourth-order valence-electron chi connectivity index (χ4n) is 2.42. The van der Waals surface area contributed by atoms with Crippen molar-refractivity contribution >= 4 is 5.97 Å². The van der Waals surface area contributed by atoms with Gasteiger partial charge in [0.05, 0.1) is 23.9 Å². The van der Waals surface area contributed by atoms with E-state index >= 15 is 0 Å².